The first-order valence-corrected chi connectivity index (χ1v) is 9.01. The van der Waals surface area contributed by atoms with Crippen LogP contribution in [0.1, 0.15) is 29.3 Å². The van der Waals surface area contributed by atoms with Crippen LogP contribution in [0.3, 0.4) is 0 Å². The molecule has 4 nitrogen and oxygen atoms in total. The first-order valence-electron chi connectivity index (χ1n) is 9.01. The Kier molecular flexibility index (Phi) is 6.17. The van der Waals surface area contributed by atoms with Gasteiger partial charge in [0.25, 0.3) is 0 Å². The van der Waals surface area contributed by atoms with Crippen molar-refractivity contribution in [1.82, 2.24) is 4.90 Å². The van der Waals surface area contributed by atoms with Gasteiger partial charge in [-0.15, -0.1) is 0 Å². The molecule has 0 amide bonds. The lowest BCUT2D eigenvalue weighted by molar-refractivity contribution is -0.0000136. The van der Waals surface area contributed by atoms with Gasteiger partial charge in [0.05, 0.1) is 0 Å². The molecule has 5 heteroatoms. The molecule has 0 N–H and O–H groups in total. The van der Waals surface area contributed by atoms with E-state index in [1.54, 1.807) is 0 Å². The van der Waals surface area contributed by atoms with Crippen molar-refractivity contribution in [3.63, 3.8) is 0 Å². The lowest BCUT2D eigenvalue weighted by Crippen LogP contribution is -3.00. The van der Waals surface area contributed by atoms with E-state index in [-0.39, 0.29) is 19.6 Å². The van der Waals surface area contributed by atoms with Crippen LogP contribution in [-0.4, -0.2) is 43.5 Å². The van der Waals surface area contributed by atoms with Gasteiger partial charge in [-0.1, -0.05) is 24.3 Å². The third-order valence-electron chi connectivity index (χ3n) is 5.03. The summed E-state index contributed by atoms with van der Waals surface area (Å²) in [5.74, 6) is 1.58. The van der Waals surface area contributed by atoms with Crippen LogP contribution in [0.25, 0.3) is 0 Å². The van der Waals surface area contributed by atoms with Crippen LogP contribution >= 0.6 is 0 Å². The summed E-state index contributed by atoms with van der Waals surface area (Å²) in [4.78, 5) is 15.0. The third kappa shape index (κ3) is 4.19. The van der Waals surface area contributed by atoms with Crippen molar-refractivity contribution < 1.29 is 28.1 Å². The minimum Gasteiger partial charge on any atom is -1.00 e. The number of benzene rings is 2. The van der Waals surface area contributed by atoms with Gasteiger partial charge in [-0.25, -0.2) is 0 Å². The molecule has 0 unspecified atom stereocenters. The standard InChI is InChI=1S/C21H23NO3.ClH/c23-19(18-5-6-20-21(15-18)25-14-13-24-20)9-12-22-10-7-16-3-1-2-4-17(16)8-11-22;/h1-6,15H,7-14H2;1H. The number of ether oxygens (including phenoxy) is 2. The smallest absolute Gasteiger partial charge is 1.00 e. The van der Waals surface area contributed by atoms with Crippen LogP contribution in [0.15, 0.2) is 42.5 Å². The van der Waals surface area contributed by atoms with E-state index in [0.29, 0.717) is 30.9 Å². The van der Waals surface area contributed by atoms with Crippen molar-refractivity contribution in [2.24, 2.45) is 0 Å². The summed E-state index contributed by atoms with van der Waals surface area (Å²) in [5.41, 5.74) is 3.61. The van der Waals surface area contributed by atoms with Crippen molar-refractivity contribution >= 4 is 5.78 Å². The Labute approximate surface area is 162 Å². The fourth-order valence-corrected chi connectivity index (χ4v) is 3.56. The molecule has 0 aliphatic carbocycles. The molecule has 0 atom stereocenters. The zero-order valence-corrected chi connectivity index (χ0v) is 15.5. The van der Waals surface area contributed by atoms with Crippen LogP contribution in [0, 0.1) is 0 Å². The first-order chi connectivity index (χ1) is 12.3. The topological polar surface area (TPSA) is 38.8 Å². The third-order valence-corrected chi connectivity index (χ3v) is 5.03. The van der Waals surface area contributed by atoms with Gasteiger partial charge in [-0.3, -0.25) is 4.79 Å². The fourth-order valence-electron chi connectivity index (χ4n) is 3.56. The first kappa shape index (κ1) is 18.7. The van der Waals surface area contributed by atoms with Gasteiger partial charge in [0.1, 0.15) is 13.2 Å². The summed E-state index contributed by atoms with van der Waals surface area (Å²) in [7, 11) is 0. The molecular formula is C21H24ClNO3. The van der Waals surface area contributed by atoms with Crippen LogP contribution in [0.5, 0.6) is 11.5 Å². The summed E-state index contributed by atoms with van der Waals surface area (Å²) >= 11 is 0. The van der Waals surface area contributed by atoms with Crippen molar-refractivity contribution in [2.45, 2.75) is 19.3 Å². The van der Waals surface area contributed by atoms with E-state index in [9.17, 15) is 4.79 Å². The van der Waals surface area contributed by atoms with E-state index in [1.165, 1.54) is 11.1 Å². The zero-order chi connectivity index (χ0) is 17.1. The number of rotatable bonds is 4. The monoisotopic (exact) mass is 373 g/mol. The van der Waals surface area contributed by atoms with Crippen molar-refractivity contribution in [3.8, 4) is 11.5 Å². The molecule has 0 bridgehead atoms. The normalized spacial score (nSPS) is 16.2. The fraction of sp³-hybridized carbons (Fsp3) is 0.381. The van der Waals surface area contributed by atoms with E-state index in [2.05, 4.69) is 29.2 Å². The quantitative estimate of drug-likeness (QED) is 0.720. The second-order valence-electron chi connectivity index (χ2n) is 6.64. The van der Waals surface area contributed by atoms with Crippen molar-refractivity contribution in [2.75, 3.05) is 32.8 Å². The molecule has 2 aliphatic rings. The van der Waals surface area contributed by atoms with Gasteiger partial charge >= 0.3 is 1.43 Å². The molecular weight excluding hydrogens is 350 g/mol. The Morgan fingerprint density at radius 3 is 2.31 bits per heavy atom. The number of fused-ring (bicyclic) bond motifs is 2. The second-order valence-corrected chi connectivity index (χ2v) is 6.64. The highest BCUT2D eigenvalue weighted by Crippen LogP contribution is 2.31. The van der Waals surface area contributed by atoms with E-state index in [0.717, 1.165) is 38.2 Å². The summed E-state index contributed by atoms with van der Waals surface area (Å²) < 4.78 is 11.1. The number of nitrogens with zero attached hydrogens (tertiary/aromatic N) is 1. The average Bonchev–Trinajstić information content (AvgIpc) is 2.88. The molecule has 0 saturated heterocycles. The van der Waals surface area contributed by atoms with Crippen LogP contribution in [-0.2, 0) is 12.8 Å². The van der Waals surface area contributed by atoms with Gasteiger partial charge in [0.2, 0.25) is 0 Å². The van der Waals surface area contributed by atoms with Crippen molar-refractivity contribution in [1.29, 1.82) is 0 Å². The van der Waals surface area contributed by atoms with Crippen molar-refractivity contribution in [3.05, 3.63) is 59.2 Å². The SMILES string of the molecule is O=C(CCN1CCc2ccccc2CC1)c1ccc2c(c1)OCCO2.[Cl-].[H+]. The predicted octanol–water partition coefficient (Wildman–Crippen LogP) is 0.248. The number of carbonyl (C=O) groups is 1. The van der Waals surface area contributed by atoms with E-state index >= 15 is 0 Å². The maximum absolute atomic E-state index is 12.6. The Morgan fingerprint density at radius 2 is 1.62 bits per heavy atom. The second kappa shape index (κ2) is 8.56. The molecule has 0 saturated carbocycles. The number of hydrogen-bond acceptors (Lipinski definition) is 4. The van der Waals surface area contributed by atoms with Crippen LogP contribution in [0.2, 0.25) is 0 Å². The molecule has 2 aliphatic heterocycles. The van der Waals surface area contributed by atoms with Crippen LogP contribution in [0.4, 0.5) is 0 Å². The van der Waals surface area contributed by atoms with Gasteiger partial charge in [-0.05, 0) is 42.2 Å². The maximum Gasteiger partial charge on any atom is 1.00 e. The molecule has 2 heterocycles. The minimum absolute atomic E-state index is 0. The Bertz CT molecular complexity index is 757. The molecule has 0 spiro atoms. The number of carbonyl (C=O) groups excluding carboxylic acids is 1. The molecule has 2 aromatic rings. The summed E-state index contributed by atoms with van der Waals surface area (Å²) in [6, 6.07) is 14.2. The number of ketones is 1. The van der Waals surface area contributed by atoms with Gasteiger partial charge < -0.3 is 26.8 Å². The molecule has 0 fully saturated rings. The van der Waals surface area contributed by atoms with E-state index < -0.39 is 0 Å². The molecule has 26 heavy (non-hydrogen) atoms. The number of hydrogen-bond donors (Lipinski definition) is 0. The Hall–Kier alpha value is -2.04. The average molecular weight is 374 g/mol. The highest BCUT2D eigenvalue weighted by Gasteiger charge is 2.17. The molecule has 4 rings (SSSR count). The van der Waals surface area contributed by atoms with E-state index in [1.807, 2.05) is 18.2 Å². The molecule has 0 aromatic heterocycles. The Morgan fingerprint density at radius 1 is 0.962 bits per heavy atom. The number of Topliss-reactive ketones (excluding diaryl/α,β-unsaturated/α-hetero) is 1. The van der Waals surface area contributed by atoms with Crippen LogP contribution < -0.4 is 21.9 Å². The lowest BCUT2D eigenvalue weighted by atomic mass is 10.0. The predicted molar refractivity (Wildman–Crippen MR) is 97.8 cm³/mol. The van der Waals surface area contributed by atoms with Gasteiger partial charge in [0.15, 0.2) is 17.3 Å². The Balaban J connectivity index is 0.00000131. The molecule has 0 radical (unpaired) electrons. The zero-order valence-electron chi connectivity index (χ0n) is 15.7. The lowest BCUT2D eigenvalue weighted by Gasteiger charge is -2.20. The summed E-state index contributed by atoms with van der Waals surface area (Å²) in [6.45, 7) is 3.95. The highest BCUT2D eigenvalue weighted by molar-refractivity contribution is 5.96. The van der Waals surface area contributed by atoms with E-state index in [4.69, 9.17) is 9.47 Å². The number of halogens is 1. The van der Waals surface area contributed by atoms with Gasteiger partial charge in [0, 0.05) is 31.6 Å². The molecule has 138 valence electrons. The summed E-state index contributed by atoms with van der Waals surface area (Å²) in [6.07, 6.45) is 2.67. The minimum atomic E-state index is 0. The van der Waals surface area contributed by atoms with Gasteiger partial charge in [-0.2, -0.15) is 0 Å². The largest absolute Gasteiger partial charge is 1.00 e. The molecule has 2 aromatic carbocycles. The highest BCUT2D eigenvalue weighted by atomic mass is 35.5. The summed E-state index contributed by atoms with van der Waals surface area (Å²) in [5, 5.41) is 0. The maximum atomic E-state index is 12.6.